The zero-order chi connectivity index (χ0) is 52.5. The minimum Gasteiger partial charge on any atom is -0.344 e. The van der Waals surface area contributed by atoms with E-state index in [1.54, 1.807) is 0 Å². The maximum absolute atomic E-state index is 5.39. The molecular weight excluding hydrogens is 957 g/mol. The van der Waals surface area contributed by atoms with Crippen LogP contribution in [0.25, 0.3) is 105 Å². The molecule has 1 atom stereocenters. The maximum Gasteiger partial charge on any atom is 0.159 e. The SMILES string of the molecule is c1ccc(-c2cccc(-c3cccc(C4=NC(c5ccc(-c6cccc(-n7c8ccccc8c8ccccc87)c6)cc5)=NC(c5cccc(-c6ccc(-c7cccc(-c8cccc(-c9ccccc9)c8)c7)cc6)c5)N4)c3)c2)cc1. The first kappa shape index (κ1) is 47.1. The number of fused-ring (bicyclic) bond motifs is 3. The van der Waals surface area contributed by atoms with Crippen molar-refractivity contribution in [3.05, 3.63) is 320 Å². The Kier molecular flexibility index (Phi) is 12.3. The van der Waals surface area contributed by atoms with Crippen LogP contribution in [0.1, 0.15) is 22.9 Å². The van der Waals surface area contributed by atoms with Gasteiger partial charge in [0, 0.05) is 27.6 Å². The van der Waals surface area contributed by atoms with Gasteiger partial charge in [-0.2, -0.15) is 0 Å². The summed E-state index contributed by atoms with van der Waals surface area (Å²) in [6.45, 7) is 0. The summed E-state index contributed by atoms with van der Waals surface area (Å²) >= 11 is 0. The Balaban J connectivity index is 0.785. The Morgan fingerprint density at radius 3 is 1.10 bits per heavy atom. The van der Waals surface area contributed by atoms with E-state index in [-0.39, 0.29) is 0 Å². The van der Waals surface area contributed by atoms with Gasteiger partial charge in [-0.1, -0.05) is 249 Å². The third-order valence-corrected chi connectivity index (χ3v) is 15.3. The molecule has 0 saturated carbocycles. The molecule has 0 spiro atoms. The molecule has 1 aliphatic heterocycles. The van der Waals surface area contributed by atoms with E-state index in [9.17, 15) is 0 Å². The Labute approximate surface area is 460 Å². The van der Waals surface area contributed by atoms with Crippen LogP contribution in [0.4, 0.5) is 0 Å². The highest BCUT2D eigenvalue weighted by molar-refractivity contribution is 6.13. The summed E-state index contributed by atoms with van der Waals surface area (Å²) < 4.78 is 2.37. The van der Waals surface area contributed by atoms with Crippen LogP contribution in [0, 0.1) is 0 Å². The van der Waals surface area contributed by atoms with Gasteiger partial charge in [-0.15, -0.1) is 0 Å². The third kappa shape index (κ3) is 9.43. The third-order valence-electron chi connectivity index (χ3n) is 15.3. The van der Waals surface area contributed by atoms with Gasteiger partial charge in [-0.25, -0.2) is 9.98 Å². The summed E-state index contributed by atoms with van der Waals surface area (Å²) in [5.41, 5.74) is 22.8. The van der Waals surface area contributed by atoms with Gasteiger partial charge in [0.25, 0.3) is 0 Å². The van der Waals surface area contributed by atoms with Crippen LogP contribution in [-0.2, 0) is 0 Å². The largest absolute Gasteiger partial charge is 0.344 e. The van der Waals surface area contributed by atoms with Crippen LogP contribution in [0.5, 0.6) is 0 Å². The first-order valence-electron chi connectivity index (χ1n) is 27.0. The number of benzene rings is 12. The molecular formula is C75H52N4. The molecule has 0 aliphatic carbocycles. The summed E-state index contributed by atoms with van der Waals surface area (Å²) in [5.74, 6) is 1.44. The number of para-hydroxylation sites is 2. The molecule has 0 fully saturated rings. The first-order chi connectivity index (χ1) is 39.1. The number of hydrogen-bond donors (Lipinski definition) is 1. The fraction of sp³-hybridized carbons (Fsp3) is 0.0133. The zero-order valence-electron chi connectivity index (χ0n) is 43.3. The van der Waals surface area contributed by atoms with Gasteiger partial charge in [0.2, 0.25) is 0 Å². The molecule has 12 aromatic carbocycles. The number of nitrogens with one attached hydrogen (secondary N) is 1. The molecule has 2 heterocycles. The molecule has 1 unspecified atom stereocenters. The summed E-state index contributed by atoms with van der Waals surface area (Å²) in [6, 6.07) is 109. The van der Waals surface area contributed by atoms with E-state index in [0.29, 0.717) is 5.84 Å². The van der Waals surface area contributed by atoms with Crippen molar-refractivity contribution in [3.63, 3.8) is 0 Å². The average Bonchev–Trinajstić information content (AvgIpc) is 3.88. The van der Waals surface area contributed by atoms with Gasteiger partial charge in [-0.3, -0.25) is 0 Å². The van der Waals surface area contributed by atoms with Crippen LogP contribution >= 0.6 is 0 Å². The minimum atomic E-state index is -0.405. The summed E-state index contributed by atoms with van der Waals surface area (Å²) in [6.07, 6.45) is -0.405. The summed E-state index contributed by atoms with van der Waals surface area (Å²) in [4.78, 5) is 10.7. The molecule has 0 saturated heterocycles. The van der Waals surface area contributed by atoms with Gasteiger partial charge < -0.3 is 9.88 Å². The molecule has 0 bridgehead atoms. The highest BCUT2D eigenvalue weighted by Crippen LogP contribution is 2.36. The van der Waals surface area contributed by atoms with Crippen molar-refractivity contribution >= 4 is 33.5 Å². The van der Waals surface area contributed by atoms with Crippen molar-refractivity contribution in [2.45, 2.75) is 6.17 Å². The van der Waals surface area contributed by atoms with Gasteiger partial charge in [-0.05, 0) is 138 Å². The van der Waals surface area contributed by atoms with Crippen molar-refractivity contribution in [3.8, 4) is 83.6 Å². The zero-order valence-corrected chi connectivity index (χ0v) is 43.3. The fourth-order valence-corrected chi connectivity index (χ4v) is 11.2. The van der Waals surface area contributed by atoms with Gasteiger partial charge in [0.05, 0.1) is 11.0 Å². The molecule has 0 amide bonds. The molecule has 372 valence electrons. The van der Waals surface area contributed by atoms with Crippen molar-refractivity contribution in [1.82, 2.24) is 9.88 Å². The topological polar surface area (TPSA) is 41.7 Å². The second kappa shape index (κ2) is 20.6. The minimum absolute atomic E-state index is 0.405. The number of aliphatic imine (C=N–C) groups is 2. The lowest BCUT2D eigenvalue weighted by Gasteiger charge is -2.24. The van der Waals surface area contributed by atoms with E-state index < -0.39 is 6.17 Å². The number of amidine groups is 2. The maximum atomic E-state index is 5.39. The highest BCUT2D eigenvalue weighted by Gasteiger charge is 2.23. The molecule has 1 aromatic heterocycles. The Morgan fingerprint density at radius 1 is 0.266 bits per heavy atom. The summed E-state index contributed by atoms with van der Waals surface area (Å²) in [7, 11) is 0. The van der Waals surface area contributed by atoms with E-state index in [0.717, 1.165) is 61.6 Å². The van der Waals surface area contributed by atoms with E-state index in [2.05, 4.69) is 313 Å². The van der Waals surface area contributed by atoms with Crippen LogP contribution < -0.4 is 5.32 Å². The summed E-state index contributed by atoms with van der Waals surface area (Å²) in [5, 5.41) is 6.28. The van der Waals surface area contributed by atoms with Crippen molar-refractivity contribution in [2.75, 3.05) is 0 Å². The monoisotopic (exact) mass is 1010 g/mol. The van der Waals surface area contributed by atoms with Crippen molar-refractivity contribution in [1.29, 1.82) is 0 Å². The molecule has 1 N–H and O–H groups in total. The van der Waals surface area contributed by atoms with Crippen molar-refractivity contribution in [2.24, 2.45) is 9.98 Å². The van der Waals surface area contributed by atoms with E-state index in [4.69, 9.17) is 9.98 Å². The Bertz CT molecular complexity index is 4380. The number of nitrogens with zero attached hydrogens (tertiary/aromatic N) is 3. The number of aromatic nitrogens is 1. The second-order valence-electron chi connectivity index (χ2n) is 20.2. The molecule has 4 heteroatoms. The van der Waals surface area contributed by atoms with Crippen LogP contribution in [0.15, 0.2) is 313 Å². The van der Waals surface area contributed by atoms with E-state index in [1.807, 2.05) is 0 Å². The van der Waals surface area contributed by atoms with Gasteiger partial charge in [0.1, 0.15) is 12.0 Å². The molecule has 1 aliphatic rings. The first-order valence-corrected chi connectivity index (χ1v) is 27.0. The van der Waals surface area contributed by atoms with Gasteiger partial charge >= 0.3 is 0 Å². The molecule has 14 rings (SSSR count). The Morgan fingerprint density at radius 2 is 0.608 bits per heavy atom. The molecule has 4 nitrogen and oxygen atoms in total. The van der Waals surface area contributed by atoms with Gasteiger partial charge in [0.15, 0.2) is 5.84 Å². The predicted molar refractivity (Wildman–Crippen MR) is 331 cm³/mol. The van der Waals surface area contributed by atoms with Crippen molar-refractivity contribution < 1.29 is 0 Å². The molecule has 79 heavy (non-hydrogen) atoms. The van der Waals surface area contributed by atoms with Crippen LogP contribution in [-0.4, -0.2) is 16.2 Å². The molecule has 0 radical (unpaired) electrons. The smallest absolute Gasteiger partial charge is 0.159 e. The lowest BCUT2D eigenvalue weighted by Crippen LogP contribution is -2.33. The highest BCUT2D eigenvalue weighted by atomic mass is 15.2. The average molecular weight is 1010 g/mol. The number of rotatable bonds is 11. The van der Waals surface area contributed by atoms with E-state index in [1.165, 1.54) is 66.3 Å². The lowest BCUT2D eigenvalue weighted by molar-refractivity contribution is 0.674. The fourth-order valence-electron chi connectivity index (χ4n) is 11.2. The normalized spacial score (nSPS) is 13.2. The number of hydrogen-bond acceptors (Lipinski definition) is 3. The quantitative estimate of drug-likeness (QED) is 0.138. The molecule has 13 aromatic rings. The lowest BCUT2D eigenvalue weighted by atomic mass is 9.95. The van der Waals surface area contributed by atoms with Crippen LogP contribution in [0.3, 0.4) is 0 Å². The van der Waals surface area contributed by atoms with E-state index >= 15 is 0 Å². The second-order valence-corrected chi connectivity index (χ2v) is 20.2. The Hall–Kier alpha value is -10.4. The predicted octanol–water partition coefficient (Wildman–Crippen LogP) is 18.9. The van der Waals surface area contributed by atoms with Crippen LogP contribution in [0.2, 0.25) is 0 Å². The standard InChI is InChI=1S/C75H52N4/c1-3-17-51(18-4-1)57-21-11-25-61(45-57)62-26-13-23-59(47-62)53-37-39-54(40-38-53)60-24-14-30-66(48-60)74-76-73(77-75(78-74)67-31-15-28-64(49-67)63-27-12-22-58(46-63)52-19-5-2-6-20-52)56-43-41-55(42-44-56)65-29-16-32-68(50-65)79-71-35-9-7-33-69(71)70-34-8-10-36-72(70)79/h1-50,74H,(H,76,77,78).